The molecular formula is C19H16N4O5. The highest BCUT2D eigenvalue weighted by molar-refractivity contribution is 5.93. The number of rotatable bonds is 5. The number of nitro benzene ring substituents is 1. The van der Waals surface area contributed by atoms with E-state index >= 15 is 0 Å². The van der Waals surface area contributed by atoms with Gasteiger partial charge in [0, 0.05) is 24.9 Å². The first-order valence-electron chi connectivity index (χ1n) is 8.56. The highest BCUT2D eigenvalue weighted by atomic mass is 16.6. The van der Waals surface area contributed by atoms with Gasteiger partial charge in [-0.2, -0.15) is 5.10 Å². The number of carbonyl (C=O) groups is 1. The number of benzene rings is 2. The number of amides is 1. The standard InChI is InChI=1S/C19H16N4O5/c24-19(20-10-13-1-6-17-18(9-13)28-8-7-27-17)14-11-21-22(12-14)15-2-4-16(5-3-15)23(25)26/h1-6,9,11-12H,7-8,10H2,(H,20,24). The maximum Gasteiger partial charge on any atom is 0.269 e. The van der Waals surface area contributed by atoms with E-state index in [4.69, 9.17) is 9.47 Å². The van der Waals surface area contributed by atoms with E-state index < -0.39 is 4.92 Å². The van der Waals surface area contributed by atoms with Crippen molar-refractivity contribution in [2.24, 2.45) is 0 Å². The molecule has 0 radical (unpaired) electrons. The first-order valence-corrected chi connectivity index (χ1v) is 8.56. The van der Waals surface area contributed by atoms with Crippen LogP contribution in [0.25, 0.3) is 5.69 Å². The normalized spacial score (nSPS) is 12.4. The summed E-state index contributed by atoms with van der Waals surface area (Å²) in [5.41, 5.74) is 1.89. The van der Waals surface area contributed by atoms with Gasteiger partial charge in [0.15, 0.2) is 11.5 Å². The summed E-state index contributed by atoms with van der Waals surface area (Å²) in [5.74, 6) is 1.10. The SMILES string of the molecule is O=C(NCc1ccc2c(c1)OCCO2)c1cnn(-c2ccc([N+](=O)[O-])cc2)c1. The highest BCUT2D eigenvalue weighted by Gasteiger charge is 2.14. The molecule has 0 atom stereocenters. The Morgan fingerprint density at radius 2 is 1.89 bits per heavy atom. The van der Waals surface area contributed by atoms with Crippen LogP contribution in [0, 0.1) is 10.1 Å². The summed E-state index contributed by atoms with van der Waals surface area (Å²) < 4.78 is 12.5. The minimum Gasteiger partial charge on any atom is -0.486 e. The van der Waals surface area contributed by atoms with Crippen molar-refractivity contribution in [3.05, 3.63) is 76.1 Å². The van der Waals surface area contributed by atoms with Gasteiger partial charge in [-0.3, -0.25) is 14.9 Å². The number of ether oxygens (including phenoxy) is 2. The molecule has 1 aliphatic rings. The lowest BCUT2D eigenvalue weighted by molar-refractivity contribution is -0.384. The predicted octanol–water partition coefficient (Wildman–Crippen LogP) is 2.48. The van der Waals surface area contributed by atoms with E-state index in [2.05, 4.69) is 10.4 Å². The Labute approximate surface area is 159 Å². The number of aromatic nitrogens is 2. The average molecular weight is 380 g/mol. The molecule has 0 aliphatic carbocycles. The predicted molar refractivity (Wildman–Crippen MR) is 98.8 cm³/mol. The zero-order valence-electron chi connectivity index (χ0n) is 14.7. The van der Waals surface area contributed by atoms with Crippen LogP contribution >= 0.6 is 0 Å². The van der Waals surface area contributed by atoms with Gasteiger partial charge in [-0.15, -0.1) is 0 Å². The fourth-order valence-electron chi connectivity index (χ4n) is 2.79. The van der Waals surface area contributed by atoms with Crippen LogP contribution in [0.2, 0.25) is 0 Å². The third-order valence-electron chi connectivity index (χ3n) is 4.23. The van der Waals surface area contributed by atoms with E-state index in [1.165, 1.54) is 23.0 Å². The molecule has 28 heavy (non-hydrogen) atoms. The molecule has 0 fully saturated rings. The lowest BCUT2D eigenvalue weighted by atomic mass is 10.2. The lowest BCUT2D eigenvalue weighted by Crippen LogP contribution is -2.22. The Morgan fingerprint density at radius 3 is 2.64 bits per heavy atom. The Balaban J connectivity index is 1.41. The molecule has 0 unspecified atom stereocenters. The summed E-state index contributed by atoms with van der Waals surface area (Å²) in [6.07, 6.45) is 3.01. The van der Waals surface area contributed by atoms with Gasteiger partial charge in [0.05, 0.1) is 22.4 Å². The first kappa shape index (κ1) is 17.5. The van der Waals surface area contributed by atoms with E-state index in [0.717, 1.165) is 5.56 Å². The van der Waals surface area contributed by atoms with Crippen molar-refractivity contribution >= 4 is 11.6 Å². The molecule has 0 spiro atoms. The number of hydrogen-bond donors (Lipinski definition) is 1. The zero-order chi connectivity index (χ0) is 19.5. The van der Waals surface area contributed by atoms with Crippen LogP contribution in [0.5, 0.6) is 11.5 Å². The van der Waals surface area contributed by atoms with Crippen LogP contribution in [-0.2, 0) is 6.54 Å². The number of nitrogens with zero attached hydrogens (tertiary/aromatic N) is 3. The fraction of sp³-hybridized carbons (Fsp3) is 0.158. The molecule has 0 saturated heterocycles. The largest absolute Gasteiger partial charge is 0.486 e. The van der Waals surface area contributed by atoms with Gasteiger partial charge in [-0.1, -0.05) is 6.07 Å². The molecule has 3 aromatic rings. The van der Waals surface area contributed by atoms with E-state index in [1.54, 1.807) is 18.3 Å². The van der Waals surface area contributed by atoms with Gasteiger partial charge in [0.25, 0.3) is 11.6 Å². The molecule has 0 saturated carbocycles. The third-order valence-corrected chi connectivity index (χ3v) is 4.23. The van der Waals surface area contributed by atoms with E-state index in [9.17, 15) is 14.9 Å². The Kier molecular flexibility index (Phi) is 4.63. The number of nitro groups is 1. The van der Waals surface area contributed by atoms with Gasteiger partial charge in [-0.25, -0.2) is 4.68 Å². The van der Waals surface area contributed by atoms with Crippen molar-refractivity contribution in [2.45, 2.75) is 6.54 Å². The van der Waals surface area contributed by atoms with Crippen molar-refractivity contribution in [3.8, 4) is 17.2 Å². The molecule has 1 aliphatic heterocycles. The second-order valence-corrected chi connectivity index (χ2v) is 6.11. The second kappa shape index (κ2) is 7.39. The number of fused-ring (bicyclic) bond motifs is 1. The minimum absolute atomic E-state index is 0.00620. The van der Waals surface area contributed by atoms with Crippen molar-refractivity contribution in [3.63, 3.8) is 0 Å². The molecule has 1 amide bonds. The summed E-state index contributed by atoms with van der Waals surface area (Å²) in [7, 11) is 0. The molecule has 142 valence electrons. The summed E-state index contributed by atoms with van der Waals surface area (Å²) in [6, 6.07) is 11.5. The van der Waals surface area contributed by atoms with Crippen molar-refractivity contribution in [1.82, 2.24) is 15.1 Å². The summed E-state index contributed by atoms with van der Waals surface area (Å²) in [4.78, 5) is 22.6. The first-order chi connectivity index (χ1) is 13.6. The summed E-state index contributed by atoms with van der Waals surface area (Å²) in [6.45, 7) is 1.37. The highest BCUT2D eigenvalue weighted by Crippen LogP contribution is 2.30. The van der Waals surface area contributed by atoms with Gasteiger partial charge in [0.2, 0.25) is 0 Å². The van der Waals surface area contributed by atoms with Crippen molar-refractivity contribution in [2.75, 3.05) is 13.2 Å². The maximum atomic E-state index is 12.4. The number of non-ortho nitro benzene ring substituents is 1. The van der Waals surface area contributed by atoms with Crippen molar-refractivity contribution < 1.29 is 19.2 Å². The molecule has 2 aromatic carbocycles. The Hall–Kier alpha value is -3.88. The lowest BCUT2D eigenvalue weighted by Gasteiger charge is -2.18. The van der Waals surface area contributed by atoms with Crippen molar-refractivity contribution in [1.29, 1.82) is 0 Å². The summed E-state index contributed by atoms with van der Waals surface area (Å²) >= 11 is 0. The van der Waals surface area contributed by atoms with E-state index in [-0.39, 0.29) is 11.6 Å². The van der Waals surface area contributed by atoms with Gasteiger partial charge in [-0.05, 0) is 29.8 Å². The minimum atomic E-state index is -0.469. The van der Waals surface area contributed by atoms with Crippen LogP contribution in [0.15, 0.2) is 54.9 Å². The topological polar surface area (TPSA) is 109 Å². The van der Waals surface area contributed by atoms with Gasteiger partial charge >= 0.3 is 0 Å². The van der Waals surface area contributed by atoms with Crippen LogP contribution in [0.4, 0.5) is 5.69 Å². The molecule has 2 heterocycles. The maximum absolute atomic E-state index is 12.4. The Morgan fingerprint density at radius 1 is 1.14 bits per heavy atom. The molecule has 1 aromatic heterocycles. The molecule has 1 N–H and O–H groups in total. The van der Waals surface area contributed by atoms with Gasteiger partial charge < -0.3 is 14.8 Å². The molecule has 0 bridgehead atoms. The molecular weight excluding hydrogens is 364 g/mol. The quantitative estimate of drug-likeness (QED) is 0.538. The Bertz CT molecular complexity index is 1030. The molecule has 9 nitrogen and oxygen atoms in total. The van der Waals surface area contributed by atoms with E-state index in [1.807, 2.05) is 18.2 Å². The number of hydrogen-bond acceptors (Lipinski definition) is 6. The van der Waals surface area contributed by atoms with Crippen LogP contribution in [0.1, 0.15) is 15.9 Å². The smallest absolute Gasteiger partial charge is 0.269 e. The molecule has 4 rings (SSSR count). The second-order valence-electron chi connectivity index (χ2n) is 6.11. The van der Waals surface area contributed by atoms with Gasteiger partial charge in [0.1, 0.15) is 13.2 Å². The van der Waals surface area contributed by atoms with Crippen LogP contribution in [0.3, 0.4) is 0 Å². The number of carbonyl (C=O) groups excluding carboxylic acids is 1. The van der Waals surface area contributed by atoms with E-state index in [0.29, 0.717) is 42.5 Å². The summed E-state index contributed by atoms with van der Waals surface area (Å²) in [5, 5.41) is 17.7. The van der Waals surface area contributed by atoms with Crippen LogP contribution in [-0.4, -0.2) is 33.8 Å². The zero-order valence-corrected chi connectivity index (χ0v) is 14.7. The number of nitrogens with one attached hydrogen (secondary N) is 1. The fourth-order valence-corrected chi connectivity index (χ4v) is 2.79. The third kappa shape index (κ3) is 3.63. The molecule has 9 heteroatoms. The monoisotopic (exact) mass is 380 g/mol. The average Bonchev–Trinajstić information content (AvgIpc) is 3.22. The van der Waals surface area contributed by atoms with Crippen LogP contribution < -0.4 is 14.8 Å².